The number of nitrogens with one attached hydrogen (secondary N) is 3. The summed E-state index contributed by atoms with van der Waals surface area (Å²) in [7, 11) is 0. The van der Waals surface area contributed by atoms with Gasteiger partial charge in [-0.05, 0) is 48.2 Å². The number of rotatable bonds is 6. The monoisotopic (exact) mass is 498 g/mol. The molecule has 152 valence electrons. The van der Waals surface area contributed by atoms with E-state index in [1.807, 2.05) is 0 Å². The van der Waals surface area contributed by atoms with Gasteiger partial charge < -0.3 is 10.6 Å². The molecule has 0 fully saturated rings. The van der Waals surface area contributed by atoms with Crippen LogP contribution in [0.1, 0.15) is 0 Å². The lowest BCUT2D eigenvalue weighted by molar-refractivity contribution is 0.904. The lowest BCUT2D eigenvalue weighted by Gasteiger charge is -2.11. The molecule has 0 spiro atoms. The highest BCUT2D eigenvalue weighted by Crippen LogP contribution is 2.31. The van der Waals surface area contributed by atoms with E-state index < -0.39 is 0 Å². The van der Waals surface area contributed by atoms with Gasteiger partial charge in [-0.3, -0.25) is 5.10 Å². The zero-order valence-electron chi connectivity index (χ0n) is 14.7. The number of halogens is 4. The highest BCUT2D eigenvalue weighted by atomic mass is 35.5. The average molecular weight is 500 g/mol. The summed E-state index contributed by atoms with van der Waals surface area (Å²) < 4.78 is 0. The molecule has 8 nitrogen and oxygen atoms in total. The summed E-state index contributed by atoms with van der Waals surface area (Å²) in [6.45, 7) is 0. The Bertz CT molecular complexity index is 1120. The van der Waals surface area contributed by atoms with Gasteiger partial charge in [0.25, 0.3) is 0 Å². The van der Waals surface area contributed by atoms with E-state index in [1.165, 1.54) is 18.1 Å². The third-order valence-corrected chi connectivity index (χ3v) is 5.40. The smallest absolute Gasteiger partial charge is 0.233 e. The largest absolute Gasteiger partial charge is 0.323 e. The van der Waals surface area contributed by atoms with Gasteiger partial charge in [-0.25, -0.2) is 4.98 Å². The molecule has 0 saturated heterocycles. The van der Waals surface area contributed by atoms with Gasteiger partial charge in [-0.2, -0.15) is 20.1 Å². The Morgan fingerprint density at radius 2 is 1.33 bits per heavy atom. The van der Waals surface area contributed by atoms with Crippen molar-refractivity contribution in [3.63, 3.8) is 0 Å². The van der Waals surface area contributed by atoms with Crippen molar-refractivity contribution in [2.75, 3.05) is 10.6 Å². The predicted molar refractivity (Wildman–Crippen MR) is 120 cm³/mol. The van der Waals surface area contributed by atoms with Gasteiger partial charge in [0.15, 0.2) is 5.16 Å². The summed E-state index contributed by atoms with van der Waals surface area (Å²) in [6, 6.07) is 10.1. The maximum absolute atomic E-state index is 6.25. The molecule has 3 N–H and O–H groups in total. The Morgan fingerprint density at radius 1 is 0.767 bits per heavy atom. The zero-order chi connectivity index (χ0) is 21.1. The Labute approximate surface area is 194 Å². The molecule has 0 radical (unpaired) electrons. The number of aromatic nitrogens is 6. The molecule has 4 aromatic rings. The van der Waals surface area contributed by atoms with Crippen molar-refractivity contribution in [1.82, 2.24) is 30.1 Å². The van der Waals surface area contributed by atoms with Gasteiger partial charge in [0.1, 0.15) is 6.33 Å². The summed E-state index contributed by atoms with van der Waals surface area (Å²) in [4.78, 5) is 17.3. The standard InChI is InChI=1S/C17H10Cl4N8S/c18-8-1-3-12(10(20)5-8)24-14-26-15(25-13-4-2-9(19)6-11(13)21)28-17(27-14)30-16-22-7-23-29-16/h1-7H,(H,22,23,29)(H2,24,25,26,27,28). The number of nitrogens with zero attached hydrogens (tertiary/aromatic N) is 5. The Hall–Kier alpha value is -2.30. The van der Waals surface area contributed by atoms with E-state index in [2.05, 4.69) is 40.8 Å². The fraction of sp³-hybridized carbons (Fsp3) is 0. The second-order valence-electron chi connectivity index (χ2n) is 5.66. The molecule has 0 saturated carbocycles. The third kappa shape index (κ3) is 5.24. The minimum Gasteiger partial charge on any atom is -0.323 e. The summed E-state index contributed by atoms with van der Waals surface area (Å²) in [5.74, 6) is 0.507. The van der Waals surface area contributed by atoms with Crippen LogP contribution in [0.2, 0.25) is 20.1 Å². The average Bonchev–Trinajstić information content (AvgIpc) is 3.19. The summed E-state index contributed by atoms with van der Waals surface area (Å²) >= 11 is 25.6. The second-order valence-corrected chi connectivity index (χ2v) is 8.30. The lowest BCUT2D eigenvalue weighted by atomic mass is 10.3. The number of benzene rings is 2. The fourth-order valence-corrected chi connectivity index (χ4v) is 3.81. The van der Waals surface area contributed by atoms with Crippen LogP contribution in [0, 0.1) is 0 Å². The number of H-pyrrole nitrogens is 1. The third-order valence-electron chi connectivity index (χ3n) is 3.55. The van der Waals surface area contributed by atoms with Crippen LogP contribution in [0.25, 0.3) is 0 Å². The summed E-state index contributed by atoms with van der Waals surface area (Å²) in [5.41, 5.74) is 1.16. The van der Waals surface area contributed by atoms with Gasteiger partial charge in [0.05, 0.1) is 21.4 Å². The molecule has 0 aliphatic rings. The van der Waals surface area contributed by atoms with Crippen LogP contribution in [0.15, 0.2) is 53.0 Å². The fourth-order valence-electron chi connectivity index (χ4n) is 2.27. The molecule has 13 heteroatoms. The normalized spacial score (nSPS) is 10.8. The van der Waals surface area contributed by atoms with Crippen molar-refractivity contribution in [2.24, 2.45) is 0 Å². The van der Waals surface area contributed by atoms with Gasteiger partial charge in [0.2, 0.25) is 17.1 Å². The van der Waals surface area contributed by atoms with E-state index in [0.29, 0.717) is 41.8 Å². The van der Waals surface area contributed by atoms with E-state index in [4.69, 9.17) is 46.4 Å². The van der Waals surface area contributed by atoms with Gasteiger partial charge >= 0.3 is 0 Å². The van der Waals surface area contributed by atoms with Crippen molar-refractivity contribution in [3.05, 3.63) is 62.8 Å². The maximum atomic E-state index is 6.25. The summed E-state index contributed by atoms with van der Waals surface area (Å²) in [6.07, 6.45) is 1.39. The predicted octanol–water partition coefficient (Wildman–Crippen LogP) is 6.24. The molecule has 4 rings (SSSR count). The summed E-state index contributed by atoms with van der Waals surface area (Å²) in [5, 5.41) is 15.4. The Morgan fingerprint density at radius 3 is 1.80 bits per heavy atom. The molecule has 0 aliphatic heterocycles. The number of anilines is 4. The van der Waals surface area contributed by atoms with Crippen molar-refractivity contribution < 1.29 is 0 Å². The SMILES string of the molecule is Clc1ccc(Nc2nc(Nc3ccc(Cl)cc3Cl)nc(Sc3ncn[nH]3)n2)c(Cl)c1. The topological polar surface area (TPSA) is 104 Å². The highest BCUT2D eigenvalue weighted by Gasteiger charge is 2.13. The molecular weight excluding hydrogens is 490 g/mol. The molecule has 0 aliphatic carbocycles. The van der Waals surface area contributed by atoms with Crippen LogP contribution in [-0.4, -0.2) is 30.1 Å². The molecule has 0 bridgehead atoms. The Kier molecular flexibility index (Phi) is 6.45. The van der Waals surface area contributed by atoms with Gasteiger partial charge in [-0.15, -0.1) is 0 Å². The minimum atomic E-state index is 0.254. The Balaban J connectivity index is 1.68. The number of aromatic amines is 1. The molecule has 0 atom stereocenters. The van der Waals surface area contributed by atoms with Gasteiger partial charge in [-0.1, -0.05) is 46.4 Å². The molecule has 0 amide bonds. The number of hydrogen-bond acceptors (Lipinski definition) is 8. The molecule has 2 heterocycles. The van der Waals surface area contributed by atoms with E-state index in [1.54, 1.807) is 36.4 Å². The first-order valence-corrected chi connectivity index (χ1v) is 10.5. The van der Waals surface area contributed by atoms with Crippen LogP contribution in [0.4, 0.5) is 23.3 Å². The van der Waals surface area contributed by atoms with E-state index in [0.717, 1.165) is 0 Å². The molecule has 0 unspecified atom stereocenters. The van der Waals surface area contributed by atoms with E-state index in [9.17, 15) is 0 Å². The van der Waals surface area contributed by atoms with E-state index in [-0.39, 0.29) is 11.9 Å². The van der Waals surface area contributed by atoms with Crippen LogP contribution in [0.5, 0.6) is 0 Å². The van der Waals surface area contributed by atoms with Crippen molar-refractivity contribution >= 4 is 81.4 Å². The van der Waals surface area contributed by atoms with E-state index >= 15 is 0 Å². The highest BCUT2D eigenvalue weighted by molar-refractivity contribution is 7.99. The lowest BCUT2D eigenvalue weighted by Crippen LogP contribution is -2.05. The molecule has 2 aromatic carbocycles. The van der Waals surface area contributed by atoms with Crippen LogP contribution >= 0.6 is 58.2 Å². The van der Waals surface area contributed by atoms with Crippen LogP contribution < -0.4 is 10.6 Å². The first-order valence-electron chi connectivity index (χ1n) is 8.20. The molecule has 2 aromatic heterocycles. The molecular formula is C17H10Cl4N8S. The van der Waals surface area contributed by atoms with Gasteiger partial charge in [0, 0.05) is 10.0 Å². The van der Waals surface area contributed by atoms with Crippen molar-refractivity contribution in [3.8, 4) is 0 Å². The number of hydrogen-bond donors (Lipinski definition) is 3. The zero-order valence-corrected chi connectivity index (χ0v) is 18.5. The molecule has 30 heavy (non-hydrogen) atoms. The second kappa shape index (κ2) is 9.23. The van der Waals surface area contributed by atoms with Crippen LogP contribution in [-0.2, 0) is 0 Å². The first-order chi connectivity index (χ1) is 14.5. The quantitative estimate of drug-likeness (QED) is 0.286. The van der Waals surface area contributed by atoms with Crippen LogP contribution in [0.3, 0.4) is 0 Å². The van der Waals surface area contributed by atoms with Crippen molar-refractivity contribution in [2.45, 2.75) is 10.3 Å². The maximum Gasteiger partial charge on any atom is 0.233 e. The van der Waals surface area contributed by atoms with Crippen molar-refractivity contribution in [1.29, 1.82) is 0 Å². The minimum absolute atomic E-state index is 0.254. The first kappa shape index (κ1) is 21.0.